The number of rotatable bonds is 3. The van der Waals surface area contributed by atoms with Crippen LogP contribution >= 0.6 is 11.6 Å². The van der Waals surface area contributed by atoms with Crippen LogP contribution in [0.15, 0.2) is 24.3 Å². The Bertz CT molecular complexity index is 388. The van der Waals surface area contributed by atoms with E-state index in [-0.39, 0.29) is 11.7 Å². The minimum Gasteiger partial charge on any atom is -0.324 e. The molecular formula is C11H12ClNO2. The molecule has 0 aromatic heterocycles. The monoisotopic (exact) mass is 225 g/mol. The number of carbonyl (C=O) groups excluding carboxylic acids is 2. The van der Waals surface area contributed by atoms with Gasteiger partial charge in [0.2, 0.25) is 5.91 Å². The van der Waals surface area contributed by atoms with Crippen LogP contribution in [0.2, 0.25) is 0 Å². The molecule has 1 aromatic carbocycles. The van der Waals surface area contributed by atoms with Gasteiger partial charge in [0, 0.05) is 5.56 Å². The predicted molar refractivity (Wildman–Crippen MR) is 60.4 cm³/mol. The SMILES string of the molecule is CC(=O)c1ccccc1NC(=O)[C@@H](C)Cl. The largest absolute Gasteiger partial charge is 0.324 e. The molecule has 3 nitrogen and oxygen atoms in total. The number of alkyl halides is 1. The van der Waals surface area contributed by atoms with Crippen molar-refractivity contribution in [1.82, 2.24) is 0 Å². The highest BCUT2D eigenvalue weighted by atomic mass is 35.5. The number of para-hydroxylation sites is 1. The first-order valence-electron chi connectivity index (χ1n) is 4.57. The van der Waals surface area contributed by atoms with Crippen molar-refractivity contribution in [3.63, 3.8) is 0 Å². The van der Waals surface area contributed by atoms with Crippen LogP contribution in [0.25, 0.3) is 0 Å². The standard InChI is InChI=1S/C11H12ClNO2/c1-7(12)11(15)13-10-6-4-3-5-9(10)8(2)14/h3-7H,1-2H3,(H,13,15)/t7-/m1/s1. The molecule has 0 fully saturated rings. The average Bonchev–Trinajstić information content (AvgIpc) is 2.18. The van der Waals surface area contributed by atoms with Crippen molar-refractivity contribution in [2.24, 2.45) is 0 Å². The van der Waals surface area contributed by atoms with Gasteiger partial charge >= 0.3 is 0 Å². The number of nitrogens with one attached hydrogen (secondary N) is 1. The van der Waals surface area contributed by atoms with E-state index in [1.54, 1.807) is 31.2 Å². The molecular weight excluding hydrogens is 214 g/mol. The summed E-state index contributed by atoms with van der Waals surface area (Å²) in [7, 11) is 0. The van der Waals surface area contributed by atoms with Gasteiger partial charge in [0.25, 0.3) is 0 Å². The quantitative estimate of drug-likeness (QED) is 0.635. The van der Waals surface area contributed by atoms with Gasteiger partial charge in [-0.3, -0.25) is 9.59 Å². The molecule has 0 unspecified atom stereocenters. The second-order valence-corrected chi connectivity index (χ2v) is 3.86. The lowest BCUT2D eigenvalue weighted by Gasteiger charge is -2.09. The van der Waals surface area contributed by atoms with E-state index in [1.165, 1.54) is 6.92 Å². The minimum absolute atomic E-state index is 0.0897. The summed E-state index contributed by atoms with van der Waals surface area (Å²) in [4.78, 5) is 22.6. The first-order chi connectivity index (χ1) is 7.02. The van der Waals surface area contributed by atoms with Crippen LogP contribution in [0.4, 0.5) is 5.69 Å². The van der Waals surface area contributed by atoms with E-state index < -0.39 is 5.38 Å². The molecule has 80 valence electrons. The molecule has 0 aliphatic heterocycles. The molecule has 0 saturated heterocycles. The van der Waals surface area contributed by atoms with Crippen LogP contribution in [0.3, 0.4) is 0 Å². The summed E-state index contributed by atoms with van der Waals surface area (Å²) in [6.45, 7) is 3.03. The summed E-state index contributed by atoms with van der Waals surface area (Å²) in [5.41, 5.74) is 0.991. The zero-order valence-electron chi connectivity index (χ0n) is 8.58. The molecule has 0 spiro atoms. The second-order valence-electron chi connectivity index (χ2n) is 3.21. The zero-order valence-corrected chi connectivity index (χ0v) is 9.34. The average molecular weight is 226 g/mol. The highest BCUT2D eigenvalue weighted by Crippen LogP contribution is 2.16. The summed E-state index contributed by atoms with van der Waals surface area (Å²) in [5.74, 6) is -0.404. The van der Waals surface area contributed by atoms with Crippen molar-refractivity contribution in [3.8, 4) is 0 Å². The molecule has 0 bridgehead atoms. The van der Waals surface area contributed by atoms with Crippen molar-refractivity contribution in [2.75, 3.05) is 5.32 Å². The van der Waals surface area contributed by atoms with E-state index in [2.05, 4.69) is 5.32 Å². The number of carbonyl (C=O) groups is 2. The van der Waals surface area contributed by atoms with Crippen molar-refractivity contribution >= 4 is 29.0 Å². The number of anilines is 1. The maximum absolute atomic E-state index is 11.3. The molecule has 0 saturated carbocycles. The smallest absolute Gasteiger partial charge is 0.242 e. The van der Waals surface area contributed by atoms with E-state index in [1.807, 2.05) is 0 Å². The van der Waals surface area contributed by atoms with Crippen LogP contribution in [0.5, 0.6) is 0 Å². The Morgan fingerprint density at radius 1 is 1.33 bits per heavy atom. The maximum atomic E-state index is 11.3. The number of benzene rings is 1. The van der Waals surface area contributed by atoms with Crippen molar-refractivity contribution in [2.45, 2.75) is 19.2 Å². The Hall–Kier alpha value is -1.35. The van der Waals surface area contributed by atoms with Crippen LogP contribution in [-0.4, -0.2) is 17.1 Å². The molecule has 0 aliphatic carbocycles. The number of amides is 1. The molecule has 1 N–H and O–H groups in total. The fourth-order valence-electron chi connectivity index (χ4n) is 1.13. The number of ketones is 1. The Balaban J connectivity index is 2.94. The summed E-state index contributed by atoms with van der Waals surface area (Å²) in [5, 5.41) is 1.98. The third kappa shape index (κ3) is 3.06. The molecule has 0 radical (unpaired) electrons. The zero-order chi connectivity index (χ0) is 11.4. The number of hydrogen-bond donors (Lipinski definition) is 1. The summed E-state index contributed by atoms with van der Waals surface area (Å²) >= 11 is 5.61. The Morgan fingerprint density at radius 3 is 2.47 bits per heavy atom. The van der Waals surface area contributed by atoms with E-state index in [9.17, 15) is 9.59 Å². The lowest BCUT2D eigenvalue weighted by molar-refractivity contribution is -0.115. The van der Waals surface area contributed by atoms with E-state index in [4.69, 9.17) is 11.6 Å². The van der Waals surface area contributed by atoms with E-state index >= 15 is 0 Å². The number of hydrogen-bond acceptors (Lipinski definition) is 2. The summed E-state index contributed by atoms with van der Waals surface area (Å²) in [6.07, 6.45) is 0. The summed E-state index contributed by atoms with van der Waals surface area (Å²) in [6, 6.07) is 6.84. The van der Waals surface area contributed by atoms with Crippen LogP contribution in [0, 0.1) is 0 Å². The number of halogens is 1. The fraction of sp³-hybridized carbons (Fsp3) is 0.273. The molecule has 0 heterocycles. The van der Waals surface area contributed by atoms with Gasteiger partial charge < -0.3 is 5.32 Å². The normalized spacial score (nSPS) is 11.9. The lowest BCUT2D eigenvalue weighted by atomic mass is 10.1. The molecule has 4 heteroatoms. The molecule has 1 rings (SSSR count). The van der Waals surface area contributed by atoms with Gasteiger partial charge in [-0.2, -0.15) is 0 Å². The summed E-state index contributed by atoms with van der Waals surface area (Å²) < 4.78 is 0. The Labute approximate surface area is 93.4 Å². The van der Waals surface area contributed by atoms with E-state index in [0.29, 0.717) is 11.3 Å². The molecule has 0 aliphatic rings. The van der Waals surface area contributed by atoms with Gasteiger partial charge in [-0.15, -0.1) is 11.6 Å². The first-order valence-corrected chi connectivity index (χ1v) is 5.01. The first kappa shape index (κ1) is 11.7. The molecule has 1 aromatic rings. The van der Waals surface area contributed by atoms with Gasteiger partial charge in [0.05, 0.1) is 5.69 Å². The highest BCUT2D eigenvalue weighted by molar-refractivity contribution is 6.32. The Kier molecular flexibility index (Phi) is 3.86. The molecule has 1 atom stereocenters. The topological polar surface area (TPSA) is 46.2 Å². The third-order valence-electron chi connectivity index (χ3n) is 1.93. The van der Waals surface area contributed by atoms with Gasteiger partial charge in [-0.25, -0.2) is 0 Å². The van der Waals surface area contributed by atoms with Crippen molar-refractivity contribution < 1.29 is 9.59 Å². The Morgan fingerprint density at radius 2 is 1.93 bits per heavy atom. The minimum atomic E-state index is -0.620. The lowest BCUT2D eigenvalue weighted by Crippen LogP contribution is -2.21. The highest BCUT2D eigenvalue weighted by Gasteiger charge is 2.12. The van der Waals surface area contributed by atoms with Crippen molar-refractivity contribution in [3.05, 3.63) is 29.8 Å². The van der Waals surface area contributed by atoms with E-state index in [0.717, 1.165) is 0 Å². The van der Waals surface area contributed by atoms with Gasteiger partial charge in [-0.05, 0) is 26.0 Å². The second kappa shape index (κ2) is 4.94. The number of Topliss-reactive ketones (excluding diaryl/α,β-unsaturated/α-hetero) is 1. The molecule has 15 heavy (non-hydrogen) atoms. The third-order valence-corrected chi connectivity index (χ3v) is 2.12. The van der Waals surface area contributed by atoms with Gasteiger partial charge in [0.15, 0.2) is 5.78 Å². The van der Waals surface area contributed by atoms with Crippen LogP contribution in [0.1, 0.15) is 24.2 Å². The fourth-order valence-corrected chi connectivity index (χ4v) is 1.19. The predicted octanol–water partition coefficient (Wildman–Crippen LogP) is 2.46. The van der Waals surface area contributed by atoms with Gasteiger partial charge in [-0.1, -0.05) is 12.1 Å². The maximum Gasteiger partial charge on any atom is 0.242 e. The van der Waals surface area contributed by atoms with Crippen molar-refractivity contribution in [1.29, 1.82) is 0 Å². The van der Waals surface area contributed by atoms with Gasteiger partial charge in [0.1, 0.15) is 5.38 Å². The van der Waals surface area contributed by atoms with Crippen LogP contribution < -0.4 is 5.32 Å². The molecule has 1 amide bonds. The van der Waals surface area contributed by atoms with Crippen LogP contribution in [-0.2, 0) is 4.79 Å².